The molecule has 0 unspecified atom stereocenters. The van der Waals surface area contributed by atoms with Crippen LogP contribution in [-0.2, 0) is 0 Å². The maximum Gasteiger partial charge on any atom is 0.271 e. The summed E-state index contributed by atoms with van der Waals surface area (Å²) in [4.78, 5) is 22.4. The van der Waals surface area contributed by atoms with Gasteiger partial charge in [0, 0.05) is 17.7 Å². The Balaban J connectivity index is 2.14. The van der Waals surface area contributed by atoms with Gasteiger partial charge in [-0.15, -0.1) is 0 Å². The number of nitro benzene ring substituents is 1. The first-order chi connectivity index (χ1) is 11.9. The highest BCUT2D eigenvalue weighted by Crippen LogP contribution is 2.27. The Hall–Kier alpha value is -2.48. The summed E-state index contributed by atoms with van der Waals surface area (Å²) < 4.78 is 19.9. The van der Waals surface area contributed by atoms with Crippen molar-refractivity contribution in [2.45, 2.75) is 19.8 Å². The molecule has 2 rings (SSSR count). The van der Waals surface area contributed by atoms with Crippen LogP contribution >= 0.6 is 15.9 Å². The number of anilines is 1. The Morgan fingerprint density at radius 2 is 2.08 bits per heavy atom. The largest absolute Gasteiger partial charge is 0.492 e. The molecule has 8 heteroatoms. The van der Waals surface area contributed by atoms with Crippen LogP contribution in [-0.4, -0.2) is 17.4 Å². The van der Waals surface area contributed by atoms with Crippen molar-refractivity contribution < 1.29 is 18.8 Å². The smallest absolute Gasteiger partial charge is 0.271 e. The van der Waals surface area contributed by atoms with Gasteiger partial charge in [0.1, 0.15) is 11.6 Å². The maximum atomic E-state index is 13.8. The van der Waals surface area contributed by atoms with E-state index in [1.807, 2.05) is 0 Å². The fourth-order valence-electron chi connectivity index (χ4n) is 2.00. The summed E-state index contributed by atoms with van der Waals surface area (Å²) in [6.07, 6.45) is 1.92. The third-order valence-corrected chi connectivity index (χ3v) is 3.98. The van der Waals surface area contributed by atoms with Crippen molar-refractivity contribution >= 4 is 33.2 Å². The van der Waals surface area contributed by atoms with Gasteiger partial charge >= 0.3 is 0 Å². The van der Waals surface area contributed by atoms with Gasteiger partial charge in [0.05, 0.1) is 21.7 Å². The zero-order valence-electron chi connectivity index (χ0n) is 13.4. The van der Waals surface area contributed by atoms with Crippen molar-refractivity contribution in [3.05, 3.63) is 62.4 Å². The van der Waals surface area contributed by atoms with E-state index < -0.39 is 16.6 Å². The molecule has 0 heterocycles. The standard InChI is InChI=1S/C17H16BrFN2O4/c1-2-3-8-25-16-7-4-11(9-13(16)18)17(22)20-15-10-12(21(23)24)5-6-14(15)19/h4-7,9-10H,2-3,8H2,1H3,(H,20,22). The third kappa shape index (κ3) is 4.99. The molecule has 0 aliphatic carbocycles. The number of nitrogens with one attached hydrogen (secondary N) is 1. The Morgan fingerprint density at radius 1 is 1.32 bits per heavy atom. The second kappa shape index (κ2) is 8.57. The zero-order chi connectivity index (χ0) is 18.4. The van der Waals surface area contributed by atoms with Crippen molar-refractivity contribution in [3.63, 3.8) is 0 Å². The predicted molar refractivity (Wildman–Crippen MR) is 95.6 cm³/mol. The van der Waals surface area contributed by atoms with E-state index in [2.05, 4.69) is 28.2 Å². The number of nitrogens with zero attached hydrogens (tertiary/aromatic N) is 1. The Kier molecular flexibility index (Phi) is 6.46. The highest BCUT2D eigenvalue weighted by Gasteiger charge is 2.15. The molecule has 0 saturated carbocycles. The fourth-order valence-corrected chi connectivity index (χ4v) is 2.50. The first-order valence-electron chi connectivity index (χ1n) is 7.60. The molecule has 132 valence electrons. The molecule has 0 aliphatic heterocycles. The van der Waals surface area contributed by atoms with E-state index in [-0.39, 0.29) is 16.9 Å². The number of halogens is 2. The van der Waals surface area contributed by atoms with Crippen molar-refractivity contribution in [2.24, 2.45) is 0 Å². The van der Waals surface area contributed by atoms with Gasteiger partial charge in [-0.1, -0.05) is 13.3 Å². The minimum atomic E-state index is -0.752. The maximum absolute atomic E-state index is 13.8. The van der Waals surface area contributed by atoms with E-state index in [0.29, 0.717) is 16.8 Å². The lowest BCUT2D eigenvalue weighted by Crippen LogP contribution is -2.13. The minimum Gasteiger partial charge on any atom is -0.492 e. The minimum absolute atomic E-state index is 0.251. The number of ether oxygens (including phenoxy) is 1. The van der Waals surface area contributed by atoms with Gasteiger partial charge in [0.15, 0.2) is 0 Å². The van der Waals surface area contributed by atoms with Gasteiger partial charge in [0.2, 0.25) is 0 Å². The number of hydrogen-bond donors (Lipinski definition) is 1. The van der Waals surface area contributed by atoms with Crippen LogP contribution in [0.1, 0.15) is 30.1 Å². The molecule has 1 N–H and O–H groups in total. The molecule has 0 atom stereocenters. The molecule has 0 aromatic heterocycles. The van der Waals surface area contributed by atoms with Crippen molar-refractivity contribution in [1.82, 2.24) is 0 Å². The van der Waals surface area contributed by atoms with E-state index in [0.717, 1.165) is 31.0 Å². The van der Waals surface area contributed by atoms with Gasteiger partial charge in [-0.3, -0.25) is 14.9 Å². The Labute approximate surface area is 152 Å². The first-order valence-corrected chi connectivity index (χ1v) is 8.39. The average Bonchev–Trinajstić information content (AvgIpc) is 2.58. The number of carbonyl (C=O) groups excluding carboxylic acids is 1. The Morgan fingerprint density at radius 3 is 2.72 bits per heavy atom. The van der Waals surface area contributed by atoms with Crippen LogP contribution in [0.5, 0.6) is 5.75 Å². The molecule has 2 aromatic rings. The molecule has 1 amide bonds. The van der Waals surface area contributed by atoms with Crippen molar-refractivity contribution in [3.8, 4) is 5.75 Å². The van der Waals surface area contributed by atoms with E-state index in [1.165, 1.54) is 6.07 Å². The second-order valence-corrected chi connectivity index (χ2v) is 6.08. The summed E-state index contributed by atoms with van der Waals surface area (Å²) in [5, 5.41) is 13.1. The molecule has 0 fully saturated rings. The molecule has 0 bridgehead atoms. The molecule has 0 aliphatic rings. The van der Waals surface area contributed by atoms with Crippen LogP contribution in [0.15, 0.2) is 40.9 Å². The number of carbonyl (C=O) groups is 1. The van der Waals surface area contributed by atoms with E-state index in [4.69, 9.17) is 4.74 Å². The van der Waals surface area contributed by atoms with E-state index in [1.54, 1.807) is 12.1 Å². The highest BCUT2D eigenvalue weighted by atomic mass is 79.9. The van der Waals surface area contributed by atoms with Crippen LogP contribution in [0.3, 0.4) is 0 Å². The van der Waals surface area contributed by atoms with Gasteiger partial charge in [-0.05, 0) is 46.6 Å². The molecule has 0 radical (unpaired) electrons. The lowest BCUT2D eigenvalue weighted by molar-refractivity contribution is -0.384. The van der Waals surface area contributed by atoms with E-state index >= 15 is 0 Å². The molecular formula is C17H16BrFN2O4. The fraction of sp³-hybridized carbons (Fsp3) is 0.235. The number of nitro groups is 1. The number of rotatable bonds is 7. The Bertz CT molecular complexity index is 798. The summed E-state index contributed by atoms with van der Waals surface area (Å²) in [6.45, 7) is 2.62. The van der Waals surface area contributed by atoms with Crippen LogP contribution in [0.4, 0.5) is 15.8 Å². The van der Waals surface area contributed by atoms with E-state index in [9.17, 15) is 19.3 Å². The molecule has 25 heavy (non-hydrogen) atoms. The van der Waals surface area contributed by atoms with Gasteiger partial charge in [-0.25, -0.2) is 4.39 Å². The van der Waals surface area contributed by atoms with Gasteiger partial charge in [0.25, 0.3) is 11.6 Å². The lowest BCUT2D eigenvalue weighted by Gasteiger charge is -2.10. The normalized spacial score (nSPS) is 10.4. The number of amides is 1. The summed E-state index contributed by atoms with van der Waals surface area (Å²) in [5.74, 6) is -0.732. The molecule has 2 aromatic carbocycles. The summed E-state index contributed by atoms with van der Waals surface area (Å²) in [6, 6.07) is 7.67. The molecular weight excluding hydrogens is 395 g/mol. The number of non-ortho nitro benzene ring substituents is 1. The number of unbranched alkanes of at least 4 members (excludes halogenated alkanes) is 1. The summed E-state index contributed by atoms with van der Waals surface area (Å²) >= 11 is 3.33. The van der Waals surface area contributed by atoms with Crippen LogP contribution < -0.4 is 10.1 Å². The zero-order valence-corrected chi connectivity index (χ0v) is 15.0. The quantitative estimate of drug-likeness (QED) is 0.398. The predicted octanol–water partition coefficient (Wildman–Crippen LogP) is 4.93. The van der Waals surface area contributed by atoms with Crippen molar-refractivity contribution in [1.29, 1.82) is 0 Å². The third-order valence-electron chi connectivity index (χ3n) is 3.36. The summed E-state index contributed by atoms with van der Waals surface area (Å²) in [7, 11) is 0. The molecule has 6 nitrogen and oxygen atoms in total. The first kappa shape index (κ1) is 18.9. The van der Waals surface area contributed by atoms with Gasteiger partial charge in [-0.2, -0.15) is 0 Å². The van der Waals surface area contributed by atoms with Gasteiger partial charge < -0.3 is 10.1 Å². The summed E-state index contributed by atoms with van der Waals surface area (Å²) in [5.41, 5.74) is -0.295. The highest BCUT2D eigenvalue weighted by molar-refractivity contribution is 9.10. The number of benzene rings is 2. The lowest BCUT2D eigenvalue weighted by atomic mass is 10.2. The number of hydrogen-bond acceptors (Lipinski definition) is 4. The monoisotopic (exact) mass is 410 g/mol. The molecule has 0 saturated heterocycles. The van der Waals surface area contributed by atoms with Crippen LogP contribution in [0.2, 0.25) is 0 Å². The van der Waals surface area contributed by atoms with Crippen LogP contribution in [0, 0.1) is 15.9 Å². The molecule has 0 spiro atoms. The second-order valence-electron chi connectivity index (χ2n) is 5.22. The average molecular weight is 411 g/mol. The van der Waals surface area contributed by atoms with Crippen molar-refractivity contribution in [2.75, 3.05) is 11.9 Å². The van der Waals surface area contributed by atoms with Crippen LogP contribution in [0.25, 0.3) is 0 Å². The SMILES string of the molecule is CCCCOc1ccc(C(=O)Nc2cc([N+](=O)[O-])ccc2F)cc1Br. The topological polar surface area (TPSA) is 81.5 Å².